The fourth-order valence-electron chi connectivity index (χ4n) is 0.814. The molecule has 5 heteroatoms. The van der Waals surface area contributed by atoms with Crippen LogP contribution < -0.4 is 11.1 Å². The molecule has 0 spiro atoms. The lowest BCUT2D eigenvalue weighted by Crippen LogP contribution is -2.16. The highest BCUT2D eigenvalue weighted by Crippen LogP contribution is 2.08. The summed E-state index contributed by atoms with van der Waals surface area (Å²) in [5.74, 6) is 0.295. The van der Waals surface area contributed by atoms with Gasteiger partial charge in [0.15, 0.2) is 0 Å². The highest BCUT2D eigenvalue weighted by atomic mass is 35.5. The zero-order valence-electron chi connectivity index (χ0n) is 6.96. The first kappa shape index (κ1) is 9.95. The molecule has 0 aromatic carbocycles. The van der Waals surface area contributed by atoms with Gasteiger partial charge in [0.25, 0.3) is 0 Å². The van der Waals surface area contributed by atoms with Gasteiger partial charge in [0.05, 0.1) is 0 Å². The summed E-state index contributed by atoms with van der Waals surface area (Å²) in [4.78, 5) is 14.9. The molecule has 3 N–H and O–H groups in total. The number of nitrogens with two attached hydrogens (primary N) is 1. The Morgan fingerprint density at radius 3 is 3.00 bits per heavy atom. The normalized spacial score (nSPS) is 9.69. The first-order chi connectivity index (χ1) is 6.22. The van der Waals surface area contributed by atoms with Crippen molar-refractivity contribution < 1.29 is 4.79 Å². The zero-order valence-corrected chi connectivity index (χ0v) is 7.71. The molecule has 0 radical (unpaired) electrons. The Morgan fingerprint density at radius 2 is 2.38 bits per heavy atom. The van der Waals surface area contributed by atoms with Crippen LogP contribution in [0.3, 0.4) is 0 Å². The predicted octanol–water partition coefficient (Wildman–Crippen LogP) is 1.02. The standard InChI is InChI=1S/C8H10ClN3O/c9-6-2-1-3-7(11-6)12-8(13)4-5-10/h1-3H,4-5,10H2,(H,11,12,13). The average Bonchev–Trinajstić information content (AvgIpc) is 2.04. The van der Waals surface area contributed by atoms with Gasteiger partial charge >= 0.3 is 0 Å². The number of hydrogen-bond donors (Lipinski definition) is 2. The fourth-order valence-corrected chi connectivity index (χ4v) is 0.978. The molecule has 0 saturated heterocycles. The van der Waals surface area contributed by atoms with E-state index in [1.54, 1.807) is 18.2 Å². The number of anilines is 1. The highest BCUT2D eigenvalue weighted by Gasteiger charge is 2.01. The van der Waals surface area contributed by atoms with E-state index < -0.39 is 0 Å². The molecule has 0 aliphatic heterocycles. The van der Waals surface area contributed by atoms with Gasteiger partial charge in [-0.15, -0.1) is 0 Å². The van der Waals surface area contributed by atoms with Crippen LogP contribution in [0, 0.1) is 0 Å². The van der Waals surface area contributed by atoms with Gasteiger partial charge in [0.1, 0.15) is 11.0 Å². The second kappa shape index (κ2) is 4.79. The molecule has 0 atom stereocenters. The van der Waals surface area contributed by atoms with Crippen LogP contribution in [0.4, 0.5) is 5.82 Å². The number of pyridine rings is 1. The van der Waals surface area contributed by atoms with Crippen LogP contribution in [-0.2, 0) is 4.79 Å². The molecule has 0 aliphatic rings. The summed E-state index contributed by atoms with van der Waals surface area (Å²) < 4.78 is 0. The van der Waals surface area contributed by atoms with E-state index in [4.69, 9.17) is 17.3 Å². The van der Waals surface area contributed by atoms with Crippen molar-refractivity contribution in [3.05, 3.63) is 23.4 Å². The van der Waals surface area contributed by atoms with Gasteiger partial charge in [0.2, 0.25) is 5.91 Å². The molecular weight excluding hydrogens is 190 g/mol. The average molecular weight is 200 g/mol. The fraction of sp³-hybridized carbons (Fsp3) is 0.250. The largest absolute Gasteiger partial charge is 0.330 e. The summed E-state index contributed by atoms with van der Waals surface area (Å²) in [6, 6.07) is 5.02. The molecule has 70 valence electrons. The Morgan fingerprint density at radius 1 is 1.62 bits per heavy atom. The van der Waals surface area contributed by atoms with Crippen LogP contribution in [0.25, 0.3) is 0 Å². The first-order valence-electron chi connectivity index (χ1n) is 3.85. The third kappa shape index (κ3) is 3.40. The van der Waals surface area contributed by atoms with Crippen molar-refractivity contribution in [3.63, 3.8) is 0 Å². The molecule has 13 heavy (non-hydrogen) atoms. The van der Waals surface area contributed by atoms with Crippen LogP contribution >= 0.6 is 11.6 Å². The van der Waals surface area contributed by atoms with E-state index in [-0.39, 0.29) is 12.3 Å². The Labute approximate surface area is 81.1 Å². The van der Waals surface area contributed by atoms with Gasteiger partial charge in [-0.1, -0.05) is 17.7 Å². The van der Waals surface area contributed by atoms with E-state index in [1.165, 1.54) is 0 Å². The molecule has 1 amide bonds. The lowest BCUT2D eigenvalue weighted by Gasteiger charge is -2.02. The van der Waals surface area contributed by atoms with Crippen LogP contribution in [0.5, 0.6) is 0 Å². The molecule has 0 unspecified atom stereocenters. The third-order valence-corrected chi connectivity index (χ3v) is 1.56. The molecule has 1 rings (SSSR count). The van der Waals surface area contributed by atoms with E-state index in [1.807, 2.05) is 0 Å². The summed E-state index contributed by atoms with van der Waals surface area (Å²) in [5.41, 5.74) is 5.21. The summed E-state index contributed by atoms with van der Waals surface area (Å²) in [6.07, 6.45) is 0.286. The lowest BCUT2D eigenvalue weighted by molar-refractivity contribution is -0.116. The summed E-state index contributed by atoms with van der Waals surface area (Å²) >= 11 is 5.62. The number of rotatable bonds is 3. The van der Waals surface area contributed by atoms with Crippen molar-refractivity contribution in [2.75, 3.05) is 11.9 Å². The smallest absolute Gasteiger partial charge is 0.226 e. The van der Waals surface area contributed by atoms with Crippen molar-refractivity contribution >= 4 is 23.3 Å². The maximum absolute atomic E-state index is 11.0. The Kier molecular flexibility index (Phi) is 3.67. The monoisotopic (exact) mass is 199 g/mol. The van der Waals surface area contributed by atoms with Crippen LogP contribution in [0.2, 0.25) is 5.15 Å². The van der Waals surface area contributed by atoms with Crippen molar-refractivity contribution in [3.8, 4) is 0 Å². The van der Waals surface area contributed by atoms with E-state index in [0.29, 0.717) is 17.5 Å². The minimum atomic E-state index is -0.155. The number of hydrogen-bond acceptors (Lipinski definition) is 3. The maximum atomic E-state index is 11.0. The molecule has 0 fully saturated rings. The van der Waals surface area contributed by atoms with Crippen LogP contribution in [0.1, 0.15) is 6.42 Å². The maximum Gasteiger partial charge on any atom is 0.226 e. The van der Waals surface area contributed by atoms with E-state index in [0.717, 1.165) is 0 Å². The van der Waals surface area contributed by atoms with Crippen molar-refractivity contribution in [2.45, 2.75) is 6.42 Å². The minimum absolute atomic E-state index is 0.155. The molecule has 0 aliphatic carbocycles. The summed E-state index contributed by atoms with van der Waals surface area (Å²) in [7, 11) is 0. The Bertz CT molecular complexity index is 303. The first-order valence-corrected chi connectivity index (χ1v) is 4.22. The van der Waals surface area contributed by atoms with E-state index in [9.17, 15) is 4.79 Å². The van der Waals surface area contributed by atoms with Gasteiger partial charge < -0.3 is 11.1 Å². The quantitative estimate of drug-likeness (QED) is 0.715. The van der Waals surface area contributed by atoms with Crippen molar-refractivity contribution in [1.82, 2.24) is 4.98 Å². The van der Waals surface area contributed by atoms with Gasteiger partial charge in [-0.05, 0) is 12.1 Å². The topological polar surface area (TPSA) is 68.0 Å². The number of carbonyl (C=O) groups excluding carboxylic acids is 1. The second-order valence-electron chi connectivity index (χ2n) is 2.43. The van der Waals surface area contributed by atoms with E-state index >= 15 is 0 Å². The summed E-state index contributed by atoms with van der Waals surface area (Å²) in [6.45, 7) is 0.326. The molecule has 1 aromatic heterocycles. The molecule has 1 heterocycles. The molecule has 0 saturated carbocycles. The number of halogens is 1. The van der Waals surface area contributed by atoms with Gasteiger partial charge in [-0.2, -0.15) is 0 Å². The predicted molar refractivity (Wildman–Crippen MR) is 51.5 cm³/mol. The van der Waals surface area contributed by atoms with Gasteiger partial charge in [0, 0.05) is 13.0 Å². The Balaban J connectivity index is 2.58. The van der Waals surface area contributed by atoms with Gasteiger partial charge in [-0.3, -0.25) is 4.79 Å². The molecule has 1 aromatic rings. The number of aromatic nitrogens is 1. The van der Waals surface area contributed by atoms with Crippen LogP contribution in [-0.4, -0.2) is 17.4 Å². The SMILES string of the molecule is NCCC(=O)Nc1cccc(Cl)n1. The number of nitrogens with one attached hydrogen (secondary N) is 1. The van der Waals surface area contributed by atoms with Crippen molar-refractivity contribution in [1.29, 1.82) is 0 Å². The lowest BCUT2D eigenvalue weighted by atomic mass is 10.4. The minimum Gasteiger partial charge on any atom is -0.330 e. The van der Waals surface area contributed by atoms with Crippen LogP contribution in [0.15, 0.2) is 18.2 Å². The highest BCUT2D eigenvalue weighted by molar-refractivity contribution is 6.29. The molecule has 4 nitrogen and oxygen atoms in total. The zero-order chi connectivity index (χ0) is 9.68. The number of nitrogens with zero attached hydrogens (tertiary/aromatic N) is 1. The molecular formula is C8H10ClN3O. The summed E-state index contributed by atoms with van der Waals surface area (Å²) in [5, 5.41) is 2.92. The van der Waals surface area contributed by atoms with Gasteiger partial charge in [-0.25, -0.2) is 4.98 Å². The number of amides is 1. The van der Waals surface area contributed by atoms with E-state index in [2.05, 4.69) is 10.3 Å². The Hall–Kier alpha value is -1.13. The third-order valence-electron chi connectivity index (χ3n) is 1.35. The number of carbonyl (C=O) groups is 1. The van der Waals surface area contributed by atoms with Crippen molar-refractivity contribution in [2.24, 2.45) is 5.73 Å². The molecule has 0 bridgehead atoms. The second-order valence-corrected chi connectivity index (χ2v) is 2.82.